The molecule has 0 amide bonds. The number of aromatic nitrogens is 1. The number of aliphatic imine (C=N–C) groups is 1. The van der Waals surface area contributed by atoms with E-state index in [9.17, 15) is 0 Å². The van der Waals surface area contributed by atoms with E-state index in [4.69, 9.17) is 4.42 Å². The summed E-state index contributed by atoms with van der Waals surface area (Å²) >= 11 is 0. The van der Waals surface area contributed by atoms with Crippen LogP contribution in [0, 0.1) is 0 Å². The summed E-state index contributed by atoms with van der Waals surface area (Å²) in [5.41, 5.74) is 1.21. The van der Waals surface area contributed by atoms with Gasteiger partial charge in [-0.05, 0) is 30.2 Å². The van der Waals surface area contributed by atoms with Gasteiger partial charge in [0.05, 0.1) is 6.26 Å². The highest BCUT2D eigenvalue weighted by Crippen LogP contribution is 1.99. The Morgan fingerprint density at radius 3 is 2.70 bits per heavy atom. The fourth-order valence-electron chi connectivity index (χ4n) is 1.85. The SMILES string of the molecule is CN=C(NCCc1cccnc1)NCCc1ccco1. The minimum Gasteiger partial charge on any atom is -0.469 e. The Kier molecular flexibility index (Phi) is 5.64. The van der Waals surface area contributed by atoms with Crippen LogP contribution in [0.2, 0.25) is 0 Å². The van der Waals surface area contributed by atoms with E-state index in [-0.39, 0.29) is 0 Å². The molecule has 0 radical (unpaired) electrons. The Labute approximate surface area is 119 Å². The summed E-state index contributed by atoms with van der Waals surface area (Å²) < 4.78 is 5.28. The van der Waals surface area contributed by atoms with Crippen LogP contribution in [0.1, 0.15) is 11.3 Å². The number of nitrogens with one attached hydrogen (secondary N) is 2. The summed E-state index contributed by atoms with van der Waals surface area (Å²) in [5, 5.41) is 6.54. The highest BCUT2D eigenvalue weighted by Gasteiger charge is 1.99. The molecular formula is C15H20N4O. The number of hydrogen-bond donors (Lipinski definition) is 2. The second kappa shape index (κ2) is 7.99. The van der Waals surface area contributed by atoms with Crippen LogP contribution in [0.3, 0.4) is 0 Å². The third kappa shape index (κ3) is 4.76. The molecule has 2 N–H and O–H groups in total. The lowest BCUT2D eigenvalue weighted by Crippen LogP contribution is -2.39. The van der Waals surface area contributed by atoms with Crippen molar-refractivity contribution in [1.82, 2.24) is 15.6 Å². The minimum absolute atomic E-state index is 0.792. The molecule has 106 valence electrons. The molecule has 0 unspecified atom stereocenters. The maximum Gasteiger partial charge on any atom is 0.191 e. The summed E-state index contributed by atoms with van der Waals surface area (Å²) in [6.45, 7) is 1.62. The molecule has 0 atom stereocenters. The van der Waals surface area contributed by atoms with E-state index in [0.29, 0.717) is 0 Å². The predicted octanol–water partition coefficient (Wildman–Crippen LogP) is 1.62. The van der Waals surface area contributed by atoms with Crippen molar-refractivity contribution >= 4 is 5.96 Å². The van der Waals surface area contributed by atoms with Gasteiger partial charge in [-0.15, -0.1) is 0 Å². The van der Waals surface area contributed by atoms with Crippen molar-refractivity contribution in [1.29, 1.82) is 0 Å². The van der Waals surface area contributed by atoms with Gasteiger partial charge in [-0.3, -0.25) is 9.98 Å². The van der Waals surface area contributed by atoms with Crippen molar-refractivity contribution in [3.8, 4) is 0 Å². The second-order valence-corrected chi connectivity index (χ2v) is 4.37. The van der Waals surface area contributed by atoms with Crippen LogP contribution >= 0.6 is 0 Å². The van der Waals surface area contributed by atoms with Crippen molar-refractivity contribution in [2.24, 2.45) is 4.99 Å². The lowest BCUT2D eigenvalue weighted by atomic mass is 10.2. The average Bonchev–Trinajstić information content (AvgIpc) is 3.00. The van der Waals surface area contributed by atoms with Crippen molar-refractivity contribution < 1.29 is 4.42 Å². The molecule has 5 nitrogen and oxygen atoms in total. The number of hydrogen-bond acceptors (Lipinski definition) is 3. The van der Waals surface area contributed by atoms with Crippen LogP contribution in [0.5, 0.6) is 0 Å². The zero-order valence-corrected chi connectivity index (χ0v) is 11.7. The molecule has 0 aliphatic rings. The van der Waals surface area contributed by atoms with E-state index >= 15 is 0 Å². The predicted molar refractivity (Wildman–Crippen MR) is 79.7 cm³/mol. The molecule has 0 aliphatic carbocycles. The Hall–Kier alpha value is -2.30. The molecular weight excluding hydrogens is 252 g/mol. The van der Waals surface area contributed by atoms with Gasteiger partial charge in [0.15, 0.2) is 5.96 Å². The fraction of sp³-hybridized carbons (Fsp3) is 0.333. The van der Waals surface area contributed by atoms with Crippen LogP contribution in [-0.2, 0) is 12.8 Å². The van der Waals surface area contributed by atoms with Gasteiger partial charge in [0, 0.05) is 39.0 Å². The van der Waals surface area contributed by atoms with Crippen LogP contribution in [0.4, 0.5) is 0 Å². The number of guanidine groups is 1. The Balaban J connectivity index is 1.65. The first-order chi connectivity index (χ1) is 9.88. The smallest absolute Gasteiger partial charge is 0.191 e. The first-order valence-electron chi connectivity index (χ1n) is 6.74. The maximum absolute atomic E-state index is 5.28. The summed E-state index contributed by atoms with van der Waals surface area (Å²) in [6, 6.07) is 7.89. The summed E-state index contributed by atoms with van der Waals surface area (Å²) in [7, 11) is 1.77. The molecule has 0 saturated heterocycles. The van der Waals surface area contributed by atoms with Gasteiger partial charge in [0.2, 0.25) is 0 Å². The van der Waals surface area contributed by atoms with Crippen molar-refractivity contribution in [2.45, 2.75) is 12.8 Å². The zero-order chi connectivity index (χ0) is 14.0. The second-order valence-electron chi connectivity index (χ2n) is 4.37. The van der Waals surface area contributed by atoms with Gasteiger partial charge in [-0.2, -0.15) is 0 Å². The minimum atomic E-state index is 0.792. The molecule has 5 heteroatoms. The lowest BCUT2D eigenvalue weighted by Gasteiger charge is -2.11. The van der Waals surface area contributed by atoms with Gasteiger partial charge >= 0.3 is 0 Å². The van der Waals surface area contributed by atoms with Crippen LogP contribution in [0.25, 0.3) is 0 Å². The largest absolute Gasteiger partial charge is 0.469 e. The van der Waals surface area contributed by atoms with Crippen LogP contribution in [0.15, 0.2) is 52.3 Å². The molecule has 2 heterocycles. The molecule has 2 aromatic heterocycles. The van der Waals surface area contributed by atoms with Crippen LogP contribution in [-0.4, -0.2) is 31.1 Å². The molecule has 2 rings (SSSR count). The quantitative estimate of drug-likeness (QED) is 0.619. The van der Waals surface area contributed by atoms with Gasteiger partial charge in [-0.1, -0.05) is 6.07 Å². The topological polar surface area (TPSA) is 62.5 Å². The van der Waals surface area contributed by atoms with Gasteiger partial charge in [-0.25, -0.2) is 0 Å². The monoisotopic (exact) mass is 272 g/mol. The fourth-order valence-corrected chi connectivity index (χ4v) is 1.85. The summed E-state index contributed by atoms with van der Waals surface area (Å²) in [6.07, 6.45) is 7.13. The molecule has 0 spiro atoms. The standard InChI is InChI=1S/C15H20N4O/c1-16-15(19-10-7-14-5-3-11-20-14)18-9-6-13-4-2-8-17-12-13/h2-5,8,11-12H,6-7,9-10H2,1H3,(H2,16,18,19). The third-order valence-corrected chi connectivity index (χ3v) is 2.90. The van der Waals surface area contributed by atoms with Crippen molar-refractivity contribution in [3.05, 3.63) is 54.2 Å². The van der Waals surface area contributed by atoms with E-state index < -0.39 is 0 Å². The van der Waals surface area contributed by atoms with E-state index in [1.807, 2.05) is 24.4 Å². The van der Waals surface area contributed by atoms with Gasteiger partial charge < -0.3 is 15.1 Å². The Morgan fingerprint density at radius 1 is 1.20 bits per heavy atom. The number of nitrogens with zero attached hydrogens (tertiary/aromatic N) is 2. The van der Waals surface area contributed by atoms with Crippen LogP contribution < -0.4 is 10.6 Å². The number of pyridine rings is 1. The van der Waals surface area contributed by atoms with E-state index in [0.717, 1.165) is 37.7 Å². The molecule has 0 aliphatic heterocycles. The normalized spacial score (nSPS) is 11.3. The van der Waals surface area contributed by atoms with Crippen molar-refractivity contribution in [3.63, 3.8) is 0 Å². The molecule has 20 heavy (non-hydrogen) atoms. The summed E-state index contributed by atoms with van der Waals surface area (Å²) in [4.78, 5) is 8.28. The molecule has 0 aromatic carbocycles. The number of furan rings is 1. The Morgan fingerprint density at radius 2 is 2.05 bits per heavy atom. The zero-order valence-electron chi connectivity index (χ0n) is 11.7. The maximum atomic E-state index is 5.28. The molecule has 2 aromatic rings. The van der Waals surface area contributed by atoms with Gasteiger partial charge in [0.1, 0.15) is 5.76 Å². The highest BCUT2D eigenvalue weighted by atomic mass is 16.3. The third-order valence-electron chi connectivity index (χ3n) is 2.90. The number of rotatable bonds is 6. The van der Waals surface area contributed by atoms with E-state index in [1.165, 1.54) is 5.56 Å². The van der Waals surface area contributed by atoms with E-state index in [2.05, 4.69) is 26.7 Å². The molecule has 0 saturated carbocycles. The highest BCUT2D eigenvalue weighted by molar-refractivity contribution is 5.79. The first kappa shape index (κ1) is 14.1. The first-order valence-corrected chi connectivity index (χ1v) is 6.74. The van der Waals surface area contributed by atoms with Crippen molar-refractivity contribution in [2.75, 3.05) is 20.1 Å². The lowest BCUT2D eigenvalue weighted by molar-refractivity contribution is 0.507. The summed E-state index contributed by atoms with van der Waals surface area (Å²) in [5.74, 6) is 1.78. The average molecular weight is 272 g/mol. The Bertz CT molecular complexity index is 508. The van der Waals surface area contributed by atoms with Gasteiger partial charge in [0.25, 0.3) is 0 Å². The molecule has 0 fully saturated rings. The van der Waals surface area contributed by atoms with E-state index in [1.54, 1.807) is 19.5 Å². The molecule has 0 bridgehead atoms.